The van der Waals surface area contributed by atoms with E-state index in [9.17, 15) is 4.79 Å². The highest BCUT2D eigenvalue weighted by molar-refractivity contribution is 6.09. The lowest BCUT2D eigenvalue weighted by atomic mass is 10.1. The average Bonchev–Trinajstić information content (AvgIpc) is 2.44. The molecule has 3 heteroatoms. The Morgan fingerprint density at radius 2 is 2.00 bits per heavy atom. The molecule has 0 fully saturated rings. The number of hydrogen-bond donors (Lipinski definition) is 1. The van der Waals surface area contributed by atoms with E-state index in [4.69, 9.17) is 0 Å². The molecule has 0 saturated heterocycles. The minimum Gasteiger partial charge on any atom is -1.00 e. The Kier molecular flexibility index (Phi) is 2.86. The zero-order chi connectivity index (χ0) is 8.55. The first-order valence-electron chi connectivity index (χ1n) is 3.93. The third-order valence-corrected chi connectivity index (χ3v) is 2.16. The predicted molar refractivity (Wildman–Crippen MR) is 47.0 cm³/mol. The van der Waals surface area contributed by atoms with Crippen molar-refractivity contribution in [2.45, 2.75) is 0 Å². The Bertz CT molecular complexity index is 360. The van der Waals surface area contributed by atoms with E-state index in [1.54, 1.807) is 0 Å². The van der Waals surface area contributed by atoms with Crippen molar-refractivity contribution in [3.63, 3.8) is 0 Å². The molecule has 0 radical (unpaired) electrons. The number of benzene rings is 1. The van der Waals surface area contributed by atoms with Crippen LogP contribution in [0.3, 0.4) is 0 Å². The van der Waals surface area contributed by atoms with Crippen molar-refractivity contribution in [3.8, 4) is 0 Å². The van der Waals surface area contributed by atoms with Gasteiger partial charge in [0, 0.05) is 6.07 Å². The number of aldehydes is 1. The van der Waals surface area contributed by atoms with Gasteiger partial charge in [-0.15, -0.1) is 0 Å². The first-order chi connectivity index (χ1) is 5.83. The molecule has 1 heterocycles. The van der Waals surface area contributed by atoms with Crippen LogP contribution < -0.4 is 17.3 Å². The highest BCUT2D eigenvalue weighted by Gasteiger charge is 2.21. The van der Waals surface area contributed by atoms with Crippen molar-refractivity contribution in [1.29, 1.82) is 0 Å². The molecule has 1 aliphatic heterocycles. The Labute approximate surface area is 83.3 Å². The minimum atomic E-state index is 0. The van der Waals surface area contributed by atoms with Gasteiger partial charge in [-0.1, -0.05) is 12.1 Å². The summed E-state index contributed by atoms with van der Waals surface area (Å²) in [5.41, 5.74) is 3.03. The van der Waals surface area contributed by atoms with Gasteiger partial charge in [-0.25, -0.2) is 0 Å². The van der Waals surface area contributed by atoms with Crippen molar-refractivity contribution in [1.82, 2.24) is 0 Å². The van der Waals surface area contributed by atoms with Crippen molar-refractivity contribution in [2.24, 2.45) is 0 Å². The zero-order valence-electron chi connectivity index (χ0n) is 7.25. The second kappa shape index (κ2) is 3.73. The molecule has 1 aliphatic rings. The van der Waals surface area contributed by atoms with Crippen molar-refractivity contribution in [3.05, 3.63) is 36.0 Å². The summed E-state index contributed by atoms with van der Waals surface area (Å²) in [5.74, 6) is 0. The summed E-state index contributed by atoms with van der Waals surface area (Å²) >= 11 is 0. The quantitative estimate of drug-likeness (QED) is 0.488. The summed E-state index contributed by atoms with van der Waals surface area (Å²) < 4.78 is 0. The highest BCUT2D eigenvalue weighted by Crippen LogP contribution is 2.22. The van der Waals surface area contributed by atoms with E-state index in [0.717, 1.165) is 17.4 Å². The lowest BCUT2D eigenvalue weighted by Gasteiger charge is -2.02. The number of carbonyl (C=O) groups excluding carboxylic acids is 1. The van der Waals surface area contributed by atoms with E-state index < -0.39 is 0 Å². The zero-order valence-corrected chi connectivity index (χ0v) is 8.01. The summed E-state index contributed by atoms with van der Waals surface area (Å²) in [5, 5.41) is 0. The number of nitrogens with one attached hydrogen (secondary N) is 1. The molecular formula is C10H10ClNO. The van der Waals surface area contributed by atoms with E-state index in [1.807, 2.05) is 37.5 Å². The summed E-state index contributed by atoms with van der Waals surface area (Å²) in [4.78, 5) is 11.8. The van der Waals surface area contributed by atoms with Crippen LogP contribution >= 0.6 is 0 Å². The van der Waals surface area contributed by atoms with Crippen LogP contribution in [0, 0.1) is 0 Å². The topological polar surface area (TPSA) is 21.5 Å². The van der Waals surface area contributed by atoms with E-state index in [-0.39, 0.29) is 12.4 Å². The van der Waals surface area contributed by atoms with Crippen LogP contribution in [0.25, 0.3) is 5.57 Å². The van der Waals surface area contributed by atoms with Gasteiger partial charge in [0.2, 0.25) is 0 Å². The van der Waals surface area contributed by atoms with Gasteiger partial charge in [0.25, 0.3) is 0 Å². The summed E-state index contributed by atoms with van der Waals surface area (Å²) in [7, 11) is 2.02. The molecule has 68 valence electrons. The monoisotopic (exact) mass is 195 g/mol. The molecule has 13 heavy (non-hydrogen) atoms. The van der Waals surface area contributed by atoms with Crippen LogP contribution in [-0.2, 0) is 4.79 Å². The van der Waals surface area contributed by atoms with Gasteiger partial charge in [-0.2, -0.15) is 0 Å². The maximum absolute atomic E-state index is 10.6. The maximum Gasteiger partial charge on any atom is 0.156 e. The molecule has 1 N–H and O–H groups in total. The molecule has 2 rings (SSSR count). The largest absolute Gasteiger partial charge is 1.00 e. The number of allylic oxidation sites excluding steroid dienone is 1. The first-order valence-corrected chi connectivity index (χ1v) is 3.93. The number of carbonyl (C=O) groups is 1. The number of hydrogen-bond acceptors (Lipinski definition) is 1. The van der Waals surface area contributed by atoms with Crippen LogP contribution in [0.1, 0.15) is 5.56 Å². The number of fused-ring (bicyclic) bond motifs is 1. The Morgan fingerprint density at radius 3 is 2.69 bits per heavy atom. The van der Waals surface area contributed by atoms with Crippen LogP contribution in [0.5, 0.6) is 0 Å². The van der Waals surface area contributed by atoms with Crippen LogP contribution in [0.15, 0.2) is 30.5 Å². The van der Waals surface area contributed by atoms with E-state index in [1.165, 1.54) is 10.6 Å². The number of halogens is 1. The number of para-hydroxylation sites is 1. The van der Waals surface area contributed by atoms with Crippen LogP contribution in [0.4, 0.5) is 5.69 Å². The lowest BCUT2D eigenvalue weighted by molar-refractivity contribution is -0.747. The third-order valence-electron chi connectivity index (χ3n) is 2.16. The van der Waals surface area contributed by atoms with Gasteiger partial charge in [0.1, 0.15) is 11.9 Å². The predicted octanol–water partition coefficient (Wildman–Crippen LogP) is -2.61. The summed E-state index contributed by atoms with van der Waals surface area (Å²) in [6.45, 7) is 0. The highest BCUT2D eigenvalue weighted by atomic mass is 35.5. The van der Waals surface area contributed by atoms with Crippen molar-refractivity contribution < 1.29 is 22.1 Å². The normalized spacial score (nSPS) is 18.5. The molecule has 0 saturated carbocycles. The van der Waals surface area contributed by atoms with Crippen molar-refractivity contribution in [2.75, 3.05) is 7.05 Å². The SMILES string of the molecule is C[NH+]1C=C(C=O)c2ccccc21.[Cl-]. The van der Waals surface area contributed by atoms with Crippen LogP contribution in [-0.4, -0.2) is 13.3 Å². The standard InChI is InChI=1S/C10H9NO.ClH/c1-11-6-8(7-12)9-4-2-3-5-10(9)11;/h2-7H,1H3;1H. The minimum absolute atomic E-state index is 0. The molecule has 0 bridgehead atoms. The summed E-state index contributed by atoms with van der Waals surface area (Å²) in [6, 6.07) is 7.96. The Balaban J connectivity index is 0.000000845. The first kappa shape index (κ1) is 9.96. The smallest absolute Gasteiger partial charge is 0.156 e. The second-order valence-corrected chi connectivity index (χ2v) is 2.95. The lowest BCUT2D eigenvalue weighted by Crippen LogP contribution is -3.00. The van der Waals surface area contributed by atoms with Gasteiger partial charge < -0.3 is 12.4 Å². The molecule has 1 aromatic rings. The van der Waals surface area contributed by atoms with Crippen LogP contribution in [0.2, 0.25) is 0 Å². The molecule has 1 aromatic carbocycles. The fourth-order valence-corrected chi connectivity index (χ4v) is 1.56. The summed E-state index contributed by atoms with van der Waals surface area (Å²) in [6.07, 6.45) is 2.84. The fraction of sp³-hybridized carbons (Fsp3) is 0.100. The Hall–Kier alpha value is -1.12. The molecule has 1 atom stereocenters. The fourth-order valence-electron chi connectivity index (χ4n) is 1.56. The maximum atomic E-state index is 10.6. The van der Waals surface area contributed by atoms with Gasteiger partial charge in [0.05, 0.1) is 18.2 Å². The van der Waals surface area contributed by atoms with E-state index in [2.05, 4.69) is 0 Å². The van der Waals surface area contributed by atoms with E-state index >= 15 is 0 Å². The molecule has 0 aliphatic carbocycles. The van der Waals surface area contributed by atoms with Gasteiger partial charge >= 0.3 is 0 Å². The molecular weight excluding hydrogens is 186 g/mol. The van der Waals surface area contributed by atoms with Gasteiger partial charge in [-0.3, -0.25) is 9.69 Å². The molecule has 1 unspecified atom stereocenters. The Morgan fingerprint density at radius 1 is 1.31 bits per heavy atom. The number of rotatable bonds is 1. The molecule has 0 aromatic heterocycles. The van der Waals surface area contributed by atoms with Gasteiger partial charge in [-0.05, 0) is 6.07 Å². The molecule has 0 spiro atoms. The molecule has 2 nitrogen and oxygen atoms in total. The second-order valence-electron chi connectivity index (χ2n) is 2.95. The van der Waals surface area contributed by atoms with Gasteiger partial charge in [0.15, 0.2) is 6.29 Å². The average molecular weight is 196 g/mol. The number of quaternary nitrogens is 1. The van der Waals surface area contributed by atoms with E-state index in [0.29, 0.717) is 0 Å². The molecule has 0 amide bonds. The third kappa shape index (κ3) is 1.50. The van der Waals surface area contributed by atoms with Crippen molar-refractivity contribution >= 4 is 17.5 Å².